The Hall–Kier alpha value is -0.540. The van der Waals surface area contributed by atoms with Gasteiger partial charge >= 0.3 is 0 Å². The molecule has 0 spiro atoms. The van der Waals surface area contributed by atoms with Crippen molar-refractivity contribution in [3.05, 3.63) is 16.4 Å². The fraction of sp³-hybridized carbons (Fsp3) is 0.786. The highest BCUT2D eigenvalue weighted by Crippen LogP contribution is 2.30. The Bertz CT molecular complexity index is 397. The summed E-state index contributed by atoms with van der Waals surface area (Å²) < 4.78 is 1.83. The lowest BCUT2D eigenvalue weighted by molar-refractivity contribution is 0.0835. The molecular weight excluding hydrogens is 248 g/mol. The number of aromatic nitrogens is 2. The number of halogens is 1. The molecular formula is C14H23ClN2O. The number of hydrogen-bond donors (Lipinski definition) is 1. The summed E-state index contributed by atoms with van der Waals surface area (Å²) in [5.41, 5.74) is 1.91. The molecule has 4 heteroatoms. The molecule has 0 radical (unpaired) electrons. The zero-order valence-corrected chi connectivity index (χ0v) is 12.1. The van der Waals surface area contributed by atoms with E-state index in [1.807, 2.05) is 11.7 Å². The molecule has 1 fully saturated rings. The lowest BCUT2D eigenvalue weighted by atomic mass is 9.84. The van der Waals surface area contributed by atoms with Crippen LogP contribution in [0.2, 0.25) is 5.02 Å². The van der Waals surface area contributed by atoms with Crippen LogP contribution in [0.5, 0.6) is 0 Å². The van der Waals surface area contributed by atoms with Gasteiger partial charge in [0, 0.05) is 13.5 Å². The molecule has 0 saturated heterocycles. The van der Waals surface area contributed by atoms with Crippen molar-refractivity contribution in [3.63, 3.8) is 0 Å². The quantitative estimate of drug-likeness (QED) is 0.913. The van der Waals surface area contributed by atoms with Crippen molar-refractivity contribution in [2.75, 3.05) is 0 Å². The van der Waals surface area contributed by atoms with E-state index in [4.69, 9.17) is 11.6 Å². The van der Waals surface area contributed by atoms with Crippen LogP contribution in [0.4, 0.5) is 0 Å². The minimum atomic E-state index is -0.275. The van der Waals surface area contributed by atoms with E-state index in [9.17, 15) is 5.11 Å². The fourth-order valence-corrected chi connectivity index (χ4v) is 3.30. The summed E-state index contributed by atoms with van der Waals surface area (Å²) in [6.07, 6.45) is 7.31. The third-order valence-corrected chi connectivity index (χ3v) is 4.54. The number of aryl methyl sites for hydroxylation is 2. The highest BCUT2D eigenvalue weighted by atomic mass is 35.5. The van der Waals surface area contributed by atoms with Gasteiger partial charge in [0.1, 0.15) is 0 Å². The standard InChI is InChI=1S/C14H23ClN2O/c1-3-11-14(15)12(17(2)16-11)9-13(18)10-7-5-4-6-8-10/h10,13,18H,3-9H2,1-2H3. The smallest absolute Gasteiger partial charge is 0.0850 e. The van der Waals surface area contributed by atoms with Crippen LogP contribution in [0.15, 0.2) is 0 Å². The zero-order valence-electron chi connectivity index (χ0n) is 11.3. The first-order chi connectivity index (χ1) is 8.63. The molecule has 1 aliphatic rings. The molecule has 0 amide bonds. The van der Waals surface area contributed by atoms with E-state index in [1.54, 1.807) is 0 Å². The molecule has 0 bridgehead atoms. The van der Waals surface area contributed by atoms with Crippen LogP contribution in [0.25, 0.3) is 0 Å². The van der Waals surface area contributed by atoms with Crippen LogP contribution in [-0.2, 0) is 19.9 Å². The van der Waals surface area contributed by atoms with Crippen molar-refractivity contribution in [1.82, 2.24) is 9.78 Å². The van der Waals surface area contributed by atoms with Crippen molar-refractivity contribution in [3.8, 4) is 0 Å². The monoisotopic (exact) mass is 270 g/mol. The Morgan fingerprint density at radius 2 is 2.06 bits per heavy atom. The van der Waals surface area contributed by atoms with Gasteiger partial charge in [0.25, 0.3) is 0 Å². The van der Waals surface area contributed by atoms with Crippen molar-refractivity contribution in [2.24, 2.45) is 13.0 Å². The fourth-order valence-electron chi connectivity index (χ4n) is 2.93. The number of aliphatic hydroxyl groups excluding tert-OH is 1. The largest absolute Gasteiger partial charge is 0.392 e. The molecule has 1 unspecified atom stereocenters. The van der Waals surface area contributed by atoms with Crippen molar-refractivity contribution in [1.29, 1.82) is 0 Å². The minimum absolute atomic E-state index is 0.275. The molecule has 2 rings (SSSR count). The minimum Gasteiger partial charge on any atom is -0.392 e. The summed E-state index contributed by atoms with van der Waals surface area (Å²) in [6.45, 7) is 2.05. The Balaban J connectivity index is 2.06. The maximum absolute atomic E-state index is 10.4. The molecule has 102 valence electrons. The van der Waals surface area contributed by atoms with Crippen LogP contribution in [0, 0.1) is 5.92 Å². The third-order valence-electron chi connectivity index (χ3n) is 4.10. The number of aliphatic hydroxyl groups is 1. The van der Waals surface area contributed by atoms with Crippen molar-refractivity contribution in [2.45, 2.75) is 58.0 Å². The number of nitrogens with zero attached hydrogens (tertiary/aromatic N) is 2. The van der Waals surface area contributed by atoms with E-state index in [2.05, 4.69) is 12.0 Å². The summed E-state index contributed by atoms with van der Waals surface area (Å²) in [7, 11) is 1.91. The molecule has 1 saturated carbocycles. The van der Waals surface area contributed by atoms with Gasteiger partial charge in [-0.05, 0) is 25.2 Å². The van der Waals surface area contributed by atoms with E-state index in [-0.39, 0.29) is 6.10 Å². The first-order valence-corrected chi connectivity index (χ1v) is 7.39. The maximum Gasteiger partial charge on any atom is 0.0850 e. The van der Waals surface area contributed by atoms with Crippen LogP contribution in [0.3, 0.4) is 0 Å². The molecule has 1 aromatic rings. The van der Waals surface area contributed by atoms with Crippen LogP contribution >= 0.6 is 11.6 Å². The third kappa shape index (κ3) is 2.89. The van der Waals surface area contributed by atoms with Gasteiger partial charge in [-0.15, -0.1) is 0 Å². The van der Waals surface area contributed by atoms with Gasteiger partial charge in [0.2, 0.25) is 0 Å². The normalized spacial score (nSPS) is 19.1. The van der Waals surface area contributed by atoms with E-state index in [1.165, 1.54) is 19.3 Å². The Kier molecular flexibility index (Phi) is 4.68. The first kappa shape index (κ1) is 13.9. The highest BCUT2D eigenvalue weighted by molar-refractivity contribution is 6.31. The van der Waals surface area contributed by atoms with Crippen LogP contribution < -0.4 is 0 Å². The first-order valence-electron chi connectivity index (χ1n) is 7.01. The Labute approximate surface area is 114 Å². The lowest BCUT2D eigenvalue weighted by Gasteiger charge is -2.26. The second kappa shape index (κ2) is 6.07. The highest BCUT2D eigenvalue weighted by Gasteiger charge is 2.24. The molecule has 1 aromatic heterocycles. The molecule has 18 heavy (non-hydrogen) atoms. The summed E-state index contributed by atoms with van der Waals surface area (Å²) in [5, 5.41) is 15.5. The molecule has 1 heterocycles. The Morgan fingerprint density at radius 3 is 2.61 bits per heavy atom. The van der Waals surface area contributed by atoms with Crippen LogP contribution in [-0.4, -0.2) is 21.0 Å². The average Bonchev–Trinajstić information content (AvgIpc) is 2.67. The zero-order chi connectivity index (χ0) is 13.1. The summed E-state index contributed by atoms with van der Waals surface area (Å²) in [4.78, 5) is 0. The van der Waals surface area contributed by atoms with E-state index >= 15 is 0 Å². The summed E-state index contributed by atoms with van der Waals surface area (Å²) in [6, 6.07) is 0. The SMILES string of the molecule is CCc1nn(C)c(CC(O)C2CCCCC2)c1Cl. The summed E-state index contributed by atoms with van der Waals surface area (Å²) >= 11 is 6.32. The molecule has 1 aliphatic carbocycles. The van der Waals surface area contributed by atoms with Gasteiger partial charge in [-0.1, -0.05) is 37.8 Å². The van der Waals surface area contributed by atoms with Crippen molar-refractivity contribution < 1.29 is 5.11 Å². The predicted molar refractivity (Wildman–Crippen MR) is 73.9 cm³/mol. The maximum atomic E-state index is 10.4. The topological polar surface area (TPSA) is 38.0 Å². The number of rotatable bonds is 4. The predicted octanol–water partition coefficient (Wildman–Crippen LogP) is 3.12. The van der Waals surface area contributed by atoms with Gasteiger partial charge in [0.15, 0.2) is 0 Å². The van der Waals surface area contributed by atoms with Gasteiger partial charge in [-0.2, -0.15) is 5.10 Å². The molecule has 3 nitrogen and oxygen atoms in total. The van der Waals surface area contributed by atoms with Crippen LogP contribution in [0.1, 0.15) is 50.4 Å². The van der Waals surface area contributed by atoms with Gasteiger partial charge in [-0.3, -0.25) is 4.68 Å². The van der Waals surface area contributed by atoms with Gasteiger partial charge < -0.3 is 5.11 Å². The van der Waals surface area contributed by atoms with Crippen molar-refractivity contribution >= 4 is 11.6 Å². The van der Waals surface area contributed by atoms with E-state index in [0.717, 1.165) is 35.7 Å². The number of hydrogen-bond acceptors (Lipinski definition) is 2. The Morgan fingerprint density at radius 1 is 1.39 bits per heavy atom. The molecule has 1 N–H and O–H groups in total. The second-order valence-corrected chi connectivity index (χ2v) is 5.73. The molecule has 1 atom stereocenters. The van der Waals surface area contributed by atoms with E-state index in [0.29, 0.717) is 12.3 Å². The average molecular weight is 271 g/mol. The molecule has 0 aromatic carbocycles. The van der Waals surface area contributed by atoms with Gasteiger partial charge in [0.05, 0.1) is 22.5 Å². The summed E-state index contributed by atoms with van der Waals surface area (Å²) in [5.74, 6) is 0.440. The van der Waals surface area contributed by atoms with E-state index < -0.39 is 0 Å². The van der Waals surface area contributed by atoms with Gasteiger partial charge in [-0.25, -0.2) is 0 Å². The second-order valence-electron chi connectivity index (χ2n) is 5.35. The lowest BCUT2D eigenvalue weighted by Crippen LogP contribution is -2.26. The molecule has 0 aliphatic heterocycles.